The second kappa shape index (κ2) is 29.2. The number of nitrogens with one attached hydrogen (secondary N) is 6. The highest BCUT2D eigenvalue weighted by Crippen LogP contribution is 2.13. The number of nitrogens with zero attached hydrogens (tertiary/aromatic N) is 3. The maximum atomic E-state index is 12.2. The Labute approximate surface area is 335 Å². The van der Waals surface area contributed by atoms with Crippen LogP contribution in [0.2, 0.25) is 0 Å². The molecular formula is C36H61N9O8S2. The van der Waals surface area contributed by atoms with Gasteiger partial charge in [-0.2, -0.15) is 0 Å². The Kier molecular flexibility index (Phi) is 25.9. The third-order valence-corrected chi connectivity index (χ3v) is 8.43. The number of anilines is 2. The molecule has 0 bridgehead atoms. The number of rotatable bonds is 27. The standard InChI is InChI=1S/C36H61N9O8S2/c1-27(2)40-36(55)42-30-15-13-29(14-16-30)41-35(54)39-23-9-6-12-26-45(53)34(50)20-18-32(48)38-22-8-5-11-25-44(52)33(49)19-17-31(47)37-21-7-4-10-24-43(51)28(3)46/h13-16,27,51-53H,4-12,17-26H2,1-3H3,(H,37,47)(H,38,48)(H2,39,41,54)(H2,40,42,55). The molecule has 0 aromatic heterocycles. The van der Waals surface area contributed by atoms with Crippen molar-refractivity contribution >= 4 is 75.6 Å². The number of carbonyl (C=O) groups is 5. The summed E-state index contributed by atoms with van der Waals surface area (Å²) in [5.74, 6) is -2.12. The van der Waals surface area contributed by atoms with Crippen LogP contribution in [0.1, 0.15) is 104 Å². The summed E-state index contributed by atoms with van der Waals surface area (Å²) in [5, 5.41) is 50.2. The molecule has 0 aliphatic rings. The zero-order valence-electron chi connectivity index (χ0n) is 32.4. The van der Waals surface area contributed by atoms with Gasteiger partial charge >= 0.3 is 0 Å². The van der Waals surface area contributed by atoms with Crippen molar-refractivity contribution in [2.45, 2.75) is 110 Å². The molecule has 0 unspecified atom stereocenters. The smallest absolute Gasteiger partial charge is 0.246 e. The number of carbonyl (C=O) groups excluding carboxylic acids is 5. The molecule has 9 N–H and O–H groups in total. The Morgan fingerprint density at radius 1 is 0.564 bits per heavy atom. The molecule has 1 aromatic carbocycles. The zero-order chi connectivity index (χ0) is 41.0. The van der Waals surface area contributed by atoms with Crippen molar-refractivity contribution in [3.63, 3.8) is 0 Å². The molecule has 0 radical (unpaired) electrons. The predicted molar refractivity (Wildman–Crippen MR) is 217 cm³/mol. The van der Waals surface area contributed by atoms with E-state index in [0.29, 0.717) is 90.0 Å². The fourth-order valence-electron chi connectivity index (χ4n) is 4.87. The van der Waals surface area contributed by atoms with Gasteiger partial charge in [0.25, 0.3) is 0 Å². The minimum absolute atomic E-state index is 0.0525. The average molecular weight is 812 g/mol. The molecule has 17 nitrogen and oxygen atoms in total. The van der Waals surface area contributed by atoms with E-state index >= 15 is 0 Å². The predicted octanol–water partition coefficient (Wildman–Crippen LogP) is 3.64. The molecule has 0 fully saturated rings. The Morgan fingerprint density at radius 2 is 0.945 bits per heavy atom. The summed E-state index contributed by atoms with van der Waals surface area (Å²) in [6, 6.07) is 7.81. The van der Waals surface area contributed by atoms with E-state index in [-0.39, 0.29) is 63.2 Å². The lowest BCUT2D eigenvalue weighted by molar-refractivity contribution is -0.166. The molecular weight excluding hydrogens is 751 g/mol. The van der Waals surface area contributed by atoms with Crippen molar-refractivity contribution in [3.05, 3.63) is 24.3 Å². The SMILES string of the molecule is CC(=O)N(O)CCCCCNC(=O)CCC(=O)N(O)CCCCCNC(=O)CCC(=O)N(O)CCCCCNC(=S)Nc1ccc(NC(=S)NC(C)C)cc1. The van der Waals surface area contributed by atoms with Gasteiger partial charge in [-0.3, -0.25) is 39.6 Å². The number of hydroxylamine groups is 6. The number of thiocarbonyl (C=S) groups is 2. The molecule has 0 aliphatic carbocycles. The molecule has 310 valence electrons. The Bertz CT molecular complexity index is 1350. The normalized spacial score (nSPS) is 10.6. The van der Waals surface area contributed by atoms with Crippen LogP contribution in [0.4, 0.5) is 11.4 Å². The molecule has 0 aliphatic heterocycles. The number of benzene rings is 1. The molecule has 55 heavy (non-hydrogen) atoms. The summed E-state index contributed by atoms with van der Waals surface area (Å²) in [6.07, 6.45) is 5.47. The quantitative estimate of drug-likeness (QED) is 0.0268. The first-order valence-corrected chi connectivity index (χ1v) is 19.7. The first kappa shape index (κ1) is 48.8. The summed E-state index contributed by atoms with van der Waals surface area (Å²) < 4.78 is 0. The van der Waals surface area contributed by atoms with Crippen molar-refractivity contribution < 1.29 is 39.6 Å². The summed E-state index contributed by atoms with van der Waals surface area (Å²) in [5.41, 5.74) is 1.69. The Morgan fingerprint density at radius 3 is 1.35 bits per heavy atom. The highest BCUT2D eigenvalue weighted by atomic mass is 32.1. The highest BCUT2D eigenvalue weighted by Gasteiger charge is 2.14. The Hall–Kier alpha value is -4.17. The third kappa shape index (κ3) is 25.5. The van der Waals surface area contributed by atoms with Crippen molar-refractivity contribution in [1.29, 1.82) is 0 Å². The monoisotopic (exact) mass is 811 g/mol. The molecule has 0 saturated heterocycles. The van der Waals surface area contributed by atoms with Crippen LogP contribution >= 0.6 is 24.4 Å². The first-order chi connectivity index (χ1) is 26.2. The maximum absolute atomic E-state index is 12.2. The Balaban J connectivity index is 2.04. The summed E-state index contributed by atoms with van der Waals surface area (Å²) in [6.45, 7) is 7.18. The van der Waals surface area contributed by atoms with Gasteiger partial charge in [0.15, 0.2) is 10.2 Å². The molecule has 0 saturated carbocycles. The fraction of sp³-hybridized carbons (Fsp3) is 0.639. The molecule has 1 rings (SSSR count). The van der Waals surface area contributed by atoms with Gasteiger partial charge in [0.1, 0.15) is 0 Å². The van der Waals surface area contributed by atoms with Gasteiger partial charge in [-0.1, -0.05) is 0 Å². The molecule has 0 heterocycles. The van der Waals surface area contributed by atoms with Crippen molar-refractivity contribution in [3.8, 4) is 0 Å². The van der Waals surface area contributed by atoms with Gasteiger partial charge < -0.3 is 31.9 Å². The van der Waals surface area contributed by atoms with Crippen molar-refractivity contribution in [2.75, 3.05) is 49.9 Å². The molecule has 19 heteroatoms. The summed E-state index contributed by atoms with van der Waals surface area (Å²) in [7, 11) is 0. The highest BCUT2D eigenvalue weighted by molar-refractivity contribution is 7.80. The zero-order valence-corrected chi connectivity index (χ0v) is 34.0. The van der Waals surface area contributed by atoms with Gasteiger partial charge in [0.05, 0.1) is 0 Å². The molecule has 0 spiro atoms. The van der Waals surface area contributed by atoms with E-state index < -0.39 is 17.7 Å². The first-order valence-electron chi connectivity index (χ1n) is 18.9. The third-order valence-electron chi connectivity index (χ3n) is 7.96. The average Bonchev–Trinajstić information content (AvgIpc) is 3.13. The second-order valence-electron chi connectivity index (χ2n) is 13.3. The van der Waals surface area contributed by atoms with Crippen LogP contribution in [0, 0.1) is 0 Å². The van der Waals surface area contributed by atoms with E-state index in [1.165, 1.54) is 6.92 Å². The van der Waals surface area contributed by atoms with Gasteiger partial charge in [0, 0.05) is 89.3 Å². The van der Waals surface area contributed by atoms with Gasteiger partial charge in [-0.25, -0.2) is 15.2 Å². The van der Waals surface area contributed by atoms with E-state index in [4.69, 9.17) is 24.4 Å². The lowest BCUT2D eigenvalue weighted by atomic mass is 10.2. The topological polar surface area (TPSA) is 228 Å². The van der Waals surface area contributed by atoms with Crippen LogP contribution in [0.25, 0.3) is 0 Å². The number of unbranched alkanes of at least 4 members (excludes halogenated alkanes) is 6. The summed E-state index contributed by atoms with van der Waals surface area (Å²) in [4.78, 5) is 59.3. The van der Waals surface area contributed by atoms with Gasteiger partial charge in [-0.05, 0) is 120 Å². The van der Waals surface area contributed by atoms with E-state index in [1.807, 2.05) is 38.1 Å². The molecule has 5 amide bonds. The van der Waals surface area contributed by atoms with Crippen LogP contribution in [0.5, 0.6) is 0 Å². The second-order valence-corrected chi connectivity index (χ2v) is 14.1. The largest absolute Gasteiger partial charge is 0.362 e. The lowest BCUT2D eigenvalue weighted by Gasteiger charge is -2.15. The van der Waals surface area contributed by atoms with Crippen LogP contribution < -0.4 is 31.9 Å². The molecule has 1 aromatic rings. The number of hydrogen-bond acceptors (Lipinski definition) is 10. The van der Waals surface area contributed by atoms with E-state index in [2.05, 4.69) is 31.9 Å². The van der Waals surface area contributed by atoms with Crippen LogP contribution in [0.3, 0.4) is 0 Å². The summed E-state index contributed by atoms with van der Waals surface area (Å²) >= 11 is 10.6. The van der Waals surface area contributed by atoms with E-state index in [0.717, 1.165) is 24.2 Å². The van der Waals surface area contributed by atoms with E-state index in [1.54, 1.807) is 0 Å². The minimum atomic E-state index is -0.558. The minimum Gasteiger partial charge on any atom is -0.362 e. The number of amides is 5. The van der Waals surface area contributed by atoms with E-state index in [9.17, 15) is 39.6 Å². The van der Waals surface area contributed by atoms with Crippen LogP contribution in [-0.2, 0) is 24.0 Å². The fourth-order valence-corrected chi connectivity index (χ4v) is 5.45. The van der Waals surface area contributed by atoms with Gasteiger partial charge in [0.2, 0.25) is 29.5 Å². The van der Waals surface area contributed by atoms with Gasteiger partial charge in [-0.15, -0.1) is 0 Å². The maximum Gasteiger partial charge on any atom is 0.246 e. The number of hydrogen-bond donors (Lipinski definition) is 9. The van der Waals surface area contributed by atoms with Crippen LogP contribution in [0.15, 0.2) is 24.3 Å². The molecule has 0 atom stereocenters. The van der Waals surface area contributed by atoms with Crippen molar-refractivity contribution in [1.82, 2.24) is 36.5 Å². The van der Waals surface area contributed by atoms with Crippen LogP contribution in [-0.4, -0.2) is 116 Å². The lowest BCUT2D eigenvalue weighted by Crippen LogP contribution is -2.33. The van der Waals surface area contributed by atoms with Crippen molar-refractivity contribution in [2.24, 2.45) is 0 Å².